The molecule has 4 nitrogen and oxygen atoms in total. The van der Waals surface area contributed by atoms with Gasteiger partial charge in [0.1, 0.15) is 18.1 Å². The molecule has 25 heavy (non-hydrogen) atoms. The van der Waals surface area contributed by atoms with Crippen LogP contribution >= 0.6 is 11.6 Å². The highest BCUT2D eigenvalue weighted by Crippen LogP contribution is 2.37. The van der Waals surface area contributed by atoms with Crippen molar-refractivity contribution in [3.63, 3.8) is 0 Å². The molecule has 1 atom stereocenters. The normalized spacial score (nSPS) is 19.0. The van der Waals surface area contributed by atoms with Gasteiger partial charge in [0.15, 0.2) is 0 Å². The maximum absolute atomic E-state index is 10.1. The Balaban J connectivity index is 1.76. The summed E-state index contributed by atoms with van der Waals surface area (Å²) in [5.41, 5.74) is 1.49. The number of halogens is 1. The summed E-state index contributed by atoms with van der Waals surface area (Å²) < 4.78 is 11.2. The second-order valence-electron chi connectivity index (χ2n) is 6.05. The number of hydrogen-bond acceptors (Lipinski definition) is 4. The van der Waals surface area contributed by atoms with Crippen LogP contribution in [-0.4, -0.2) is 24.9 Å². The van der Waals surface area contributed by atoms with Gasteiger partial charge >= 0.3 is 0 Å². The molecule has 132 valence electrons. The van der Waals surface area contributed by atoms with E-state index in [1.54, 1.807) is 6.08 Å². The molecule has 0 aliphatic carbocycles. The molecule has 1 heterocycles. The topological polar surface area (TPSA) is 50.7 Å². The predicted octanol–water partition coefficient (Wildman–Crippen LogP) is 3.66. The Kier molecular flexibility index (Phi) is 5.63. The average molecular weight is 360 g/mol. The van der Waals surface area contributed by atoms with Crippen molar-refractivity contribution >= 4 is 11.6 Å². The molecule has 2 aromatic carbocycles. The summed E-state index contributed by atoms with van der Waals surface area (Å²) in [6, 6.07) is 13.5. The van der Waals surface area contributed by atoms with Crippen LogP contribution in [0.25, 0.3) is 0 Å². The van der Waals surface area contributed by atoms with Gasteiger partial charge in [0.05, 0.1) is 23.8 Å². The molecule has 0 spiro atoms. The molecule has 0 radical (unpaired) electrons. The third kappa shape index (κ3) is 3.82. The number of aliphatic hydroxyl groups is 1. The number of para-hydroxylation sites is 1. The second-order valence-corrected chi connectivity index (χ2v) is 6.46. The van der Waals surface area contributed by atoms with Crippen molar-refractivity contribution in [2.45, 2.75) is 18.5 Å². The monoisotopic (exact) mass is 359 g/mol. The Morgan fingerprint density at radius 1 is 1.32 bits per heavy atom. The van der Waals surface area contributed by atoms with E-state index < -0.39 is 5.54 Å². The number of ether oxygens (including phenoxy) is 2. The molecule has 0 saturated heterocycles. The van der Waals surface area contributed by atoms with E-state index in [4.69, 9.17) is 21.1 Å². The predicted molar refractivity (Wildman–Crippen MR) is 99.3 cm³/mol. The molecule has 0 bridgehead atoms. The summed E-state index contributed by atoms with van der Waals surface area (Å²) in [6.45, 7) is 5.20. The first-order chi connectivity index (χ1) is 12.2. The molecule has 3 rings (SSSR count). The highest BCUT2D eigenvalue weighted by molar-refractivity contribution is 6.32. The van der Waals surface area contributed by atoms with E-state index in [9.17, 15) is 5.11 Å². The van der Waals surface area contributed by atoms with Crippen molar-refractivity contribution in [1.29, 1.82) is 0 Å². The molecule has 0 aromatic heterocycles. The molecule has 0 fully saturated rings. The minimum absolute atomic E-state index is 0.00162. The van der Waals surface area contributed by atoms with Gasteiger partial charge in [-0.1, -0.05) is 48.5 Å². The van der Waals surface area contributed by atoms with Gasteiger partial charge in [-0.3, -0.25) is 0 Å². The summed E-state index contributed by atoms with van der Waals surface area (Å²) >= 11 is 6.28. The Labute approximate surface area is 153 Å². The molecule has 0 saturated carbocycles. The zero-order valence-electron chi connectivity index (χ0n) is 14.0. The van der Waals surface area contributed by atoms with E-state index in [1.165, 1.54) is 0 Å². The molecule has 2 aromatic rings. The summed E-state index contributed by atoms with van der Waals surface area (Å²) in [4.78, 5) is 0. The van der Waals surface area contributed by atoms with Crippen LogP contribution in [0.1, 0.15) is 17.5 Å². The highest BCUT2D eigenvalue weighted by atomic mass is 35.5. The first-order valence-electron chi connectivity index (χ1n) is 8.29. The lowest BCUT2D eigenvalue weighted by molar-refractivity contribution is 0.106. The van der Waals surface area contributed by atoms with Gasteiger partial charge in [-0.05, 0) is 23.8 Å². The van der Waals surface area contributed by atoms with Crippen molar-refractivity contribution in [1.82, 2.24) is 5.32 Å². The van der Waals surface area contributed by atoms with Crippen LogP contribution in [0.15, 0.2) is 55.1 Å². The highest BCUT2D eigenvalue weighted by Gasteiger charge is 2.36. The van der Waals surface area contributed by atoms with Gasteiger partial charge in [0, 0.05) is 18.5 Å². The maximum atomic E-state index is 10.1. The Hall–Kier alpha value is -2.01. The number of hydrogen-bond donors (Lipinski definition) is 2. The number of rotatable bonds is 7. The van der Waals surface area contributed by atoms with E-state index in [2.05, 4.69) is 11.9 Å². The van der Waals surface area contributed by atoms with E-state index >= 15 is 0 Å². The minimum atomic E-state index is -0.515. The van der Waals surface area contributed by atoms with Crippen LogP contribution < -0.4 is 14.8 Å². The third-order valence-corrected chi connectivity index (χ3v) is 4.74. The molecule has 1 aliphatic heterocycles. The molecule has 0 amide bonds. The van der Waals surface area contributed by atoms with Gasteiger partial charge in [0.2, 0.25) is 0 Å². The fourth-order valence-corrected chi connectivity index (χ4v) is 3.31. The third-order valence-electron chi connectivity index (χ3n) is 4.44. The zero-order chi connectivity index (χ0) is 17.7. The van der Waals surface area contributed by atoms with Crippen LogP contribution in [0.5, 0.6) is 11.5 Å². The summed E-state index contributed by atoms with van der Waals surface area (Å²) in [6.07, 6.45) is 2.38. The number of fused-ring (bicyclic) bond motifs is 1. The summed E-state index contributed by atoms with van der Waals surface area (Å²) in [5.74, 6) is 1.46. The minimum Gasteiger partial charge on any atom is -0.493 e. The quantitative estimate of drug-likeness (QED) is 0.741. The Morgan fingerprint density at radius 2 is 2.16 bits per heavy atom. The first-order valence-corrected chi connectivity index (χ1v) is 8.66. The smallest absolute Gasteiger partial charge is 0.138 e. The Bertz CT molecular complexity index is 749. The van der Waals surface area contributed by atoms with E-state index in [0.29, 0.717) is 37.0 Å². The van der Waals surface area contributed by atoms with Gasteiger partial charge in [-0.2, -0.15) is 0 Å². The van der Waals surface area contributed by atoms with Gasteiger partial charge in [-0.25, -0.2) is 0 Å². The SMILES string of the molecule is C=CCOc1ccc(CN[C@@]2(CO)CCOc3ccccc32)cc1Cl. The molecule has 1 aliphatic rings. The van der Waals surface area contributed by atoms with Crippen molar-refractivity contribution in [2.75, 3.05) is 19.8 Å². The summed E-state index contributed by atoms with van der Waals surface area (Å²) in [5, 5.41) is 14.2. The van der Waals surface area contributed by atoms with E-state index in [-0.39, 0.29) is 6.61 Å². The lowest BCUT2D eigenvalue weighted by Crippen LogP contribution is -2.48. The fraction of sp³-hybridized carbons (Fsp3) is 0.300. The lowest BCUT2D eigenvalue weighted by Gasteiger charge is -2.38. The van der Waals surface area contributed by atoms with Gasteiger partial charge < -0.3 is 19.9 Å². The first kappa shape index (κ1) is 17.8. The van der Waals surface area contributed by atoms with Crippen LogP contribution in [0.4, 0.5) is 0 Å². The van der Waals surface area contributed by atoms with E-state index in [1.807, 2.05) is 42.5 Å². The standard InChI is InChI=1S/C20H22ClNO3/c1-2-10-24-19-8-7-15(12-17(19)21)13-22-20(14-23)9-11-25-18-6-4-3-5-16(18)20/h2-8,12,22-23H,1,9-11,13-14H2/t20-/m1/s1. The second kappa shape index (κ2) is 7.91. The average Bonchev–Trinajstić information content (AvgIpc) is 2.65. The molecular weight excluding hydrogens is 338 g/mol. The van der Waals surface area contributed by atoms with Crippen LogP contribution in [0, 0.1) is 0 Å². The number of aliphatic hydroxyl groups excluding tert-OH is 1. The molecule has 5 heteroatoms. The van der Waals surface area contributed by atoms with Crippen molar-refractivity contribution in [2.24, 2.45) is 0 Å². The molecular formula is C20H22ClNO3. The van der Waals surface area contributed by atoms with Crippen LogP contribution in [-0.2, 0) is 12.1 Å². The van der Waals surface area contributed by atoms with Gasteiger partial charge in [-0.15, -0.1) is 0 Å². The maximum Gasteiger partial charge on any atom is 0.138 e. The van der Waals surface area contributed by atoms with E-state index in [0.717, 1.165) is 16.9 Å². The largest absolute Gasteiger partial charge is 0.493 e. The van der Waals surface area contributed by atoms with Crippen molar-refractivity contribution in [3.05, 3.63) is 71.3 Å². The van der Waals surface area contributed by atoms with Crippen LogP contribution in [0.2, 0.25) is 5.02 Å². The number of benzene rings is 2. The summed E-state index contributed by atoms with van der Waals surface area (Å²) in [7, 11) is 0. The van der Waals surface area contributed by atoms with Gasteiger partial charge in [0.25, 0.3) is 0 Å². The lowest BCUT2D eigenvalue weighted by atomic mass is 9.85. The fourth-order valence-electron chi connectivity index (χ4n) is 3.05. The van der Waals surface area contributed by atoms with Crippen LogP contribution in [0.3, 0.4) is 0 Å². The Morgan fingerprint density at radius 3 is 2.92 bits per heavy atom. The zero-order valence-corrected chi connectivity index (χ0v) is 14.8. The van der Waals surface area contributed by atoms with Crippen molar-refractivity contribution in [3.8, 4) is 11.5 Å². The van der Waals surface area contributed by atoms with Crippen molar-refractivity contribution < 1.29 is 14.6 Å². The number of nitrogens with one attached hydrogen (secondary N) is 1. The molecule has 2 N–H and O–H groups in total. The molecule has 0 unspecified atom stereocenters.